The molecule has 1 atom stereocenters. The van der Waals surface area contributed by atoms with E-state index in [4.69, 9.17) is 5.11 Å². The van der Waals surface area contributed by atoms with Gasteiger partial charge < -0.3 is 15.3 Å². The number of hydrogen-bond acceptors (Lipinski definition) is 3. The number of nitrogens with zero attached hydrogens (tertiary/aromatic N) is 1. The summed E-state index contributed by atoms with van der Waals surface area (Å²) in [6, 6.07) is 5.89. The zero-order valence-corrected chi connectivity index (χ0v) is 14.0. The molecule has 1 amide bonds. The Kier molecular flexibility index (Phi) is 6.40. The van der Waals surface area contributed by atoms with Gasteiger partial charge in [0.1, 0.15) is 0 Å². The van der Waals surface area contributed by atoms with Crippen LogP contribution in [-0.2, 0) is 4.79 Å². The minimum Gasteiger partial charge on any atom is -0.481 e. The predicted molar refractivity (Wildman–Crippen MR) is 88.3 cm³/mol. The molecule has 2 N–H and O–H groups in total. The first-order valence-corrected chi connectivity index (χ1v) is 7.57. The highest BCUT2D eigenvalue weighted by atomic mass is 16.4. The molecule has 0 heterocycles. The molecule has 122 valence electrons. The highest BCUT2D eigenvalue weighted by Gasteiger charge is 2.17. The molecule has 22 heavy (non-hydrogen) atoms. The van der Waals surface area contributed by atoms with E-state index >= 15 is 0 Å². The topological polar surface area (TPSA) is 69.6 Å². The van der Waals surface area contributed by atoms with Crippen molar-refractivity contribution in [1.29, 1.82) is 0 Å². The van der Waals surface area contributed by atoms with E-state index < -0.39 is 5.97 Å². The number of benzene rings is 1. The summed E-state index contributed by atoms with van der Waals surface area (Å²) >= 11 is 0. The van der Waals surface area contributed by atoms with Crippen LogP contribution in [0.2, 0.25) is 0 Å². The molecule has 0 saturated heterocycles. The lowest BCUT2D eigenvalue weighted by molar-refractivity contribution is -0.137. The molecule has 0 radical (unpaired) electrons. The smallest absolute Gasteiger partial charge is 0.305 e. The molecule has 0 aliphatic rings. The maximum atomic E-state index is 12.5. The molecule has 1 aromatic carbocycles. The van der Waals surface area contributed by atoms with E-state index in [2.05, 4.69) is 26.1 Å². The summed E-state index contributed by atoms with van der Waals surface area (Å²) in [4.78, 5) is 24.5. The van der Waals surface area contributed by atoms with Crippen molar-refractivity contribution < 1.29 is 14.7 Å². The molecular formula is C17H26N2O3. The van der Waals surface area contributed by atoms with Crippen LogP contribution in [0.3, 0.4) is 0 Å². The number of aliphatic carboxylic acids is 1. The van der Waals surface area contributed by atoms with Gasteiger partial charge in [-0.3, -0.25) is 9.59 Å². The van der Waals surface area contributed by atoms with E-state index in [1.807, 2.05) is 19.1 Å². The normalized spacial score (nSPS) is 12.1. The number of carbonyl (C=O) groups is 2. The first-order valence-electron chi connectivity index (χ1n) is 7.57. The van der Waals surface area contributed by atoms with Gasteiger partial charge in [0.25, 0.3) is 5.91 Å². The minimum atomic E-state index is -0.905. The number of rotatable bonds is 7. The van der Waals surface area contributed by atoms with Crippen LogP contribution in [-0.4, -0.2) is 41.5 Å². The van der Waals surface area contributed by atoms with Gasteiger partial charge in [-0.1, -0.05) is 19.9 Å². The number of carbonyl (C=O) groups excluding carboxylic acids is 1. The lowest BCUT2D eigenvalue weighted by Crippen LogP contribution is -2.30. The van der Waals surface area contributed by atoms with Crippen molar-refractivity contribution in [2.24, 2.45) is 5.92 Å². The first-order chi connectivity index (χ1) is 10.2. The molecule has 1 rings (SSSR count). The highest BCUT2D eigenvalue weighted by Crippen LogP contribution is 2.22. The van der Waals surface area contributed by atoms with E-state index in [1.54, 1.807) is 13.1 Å². The Hall–Kier alpha value is -2.04. The van der Waals surface area contributed by atoms with Crippen LogP contribution < -0.4 is 5.32 Å². The third-order valence-electron chi connectivity index (χ3n) is 3.96. The van der Waals surface area contributed by atoms with E-state index in [1.165, 1.54) is 4.90 Å². The van der Waals surface area contributed by atoms with Crippen LogP contribution in [0.25, 0.3) is 0 Å². The molecule has 0 aliphatic heterocycles. The fraction of sp³-hybridized carbons (Fsp3) is 0.529. The number of amides is 1. The maximum Gasteiger partial charge on any atom is 0.305 e. The van der Waals surface area contributed by atoms with Gasteiger partial charge in [-0.2, -0.15) is 0 Å². The number of nitrogens with one attached hydrogen (secondary N) is 1. The average molecular weight is 306 g/mol. The number of anilines is 1. The monoisotopic (exact) mass is 306 g/mol. The highest BCUT2D eigenvalue weighted by molar-refractivity contribution is 5.97. The lowest BCUT2D eigenvalue weighted by Gasteiger charge is -2.23. The Bertz CT molecular complexity index is 541. The van der Waals surface area contributed by atoms with Gasteiger partial charge in [0.15, 0.2) is 0 Å². The zero-order chi connectivity index (χ0) is 16.9. The van der Waals surface area contributed by atoms with Gasteiger partial charge in [0.05, 0.1) is 6.42 Å². The van der Waals surface area contributed by atoms with Crippen LogP contribution in [0.5, 0.6) is 0 Å². The molecule has 0 bridgehead atoms. The summed E-state index contributed by atoms with van der Waals surface area (Å²) < 4.78 is 0. The summed E-state index contributed by atoms with van der Waals surface area (Å²) in [5.41, 5.74) is 2.44. The second kappa shape index (κ2) is 7.82. The standard InChI is InChI=1S/C17H26N2O3/c1-11(2)13(4)18-15-8-6-7-14(12(15)3)17(22)19(5)10-9-16(20)21/h6-8,11,13,18H,9-10H2,1-5H3,(H,20,21). The van der Waals surface area contributed by atoms with Gasteiger partial charge in [0.2, 0.25) is 0 Å². The molecule has 0 saturated carbocycles. The van der Waals surface area contributed by atoms with Crippen LogP contribution >= 0.6 is 0 Å². The molecule has 0 aliphatic carbocycles. The fourth-order valence-corrected chi connectivity index (χ4v) is 2.01. The quantitative estimate of drug-likeness (QED) is 0.812. The van der Waals surface area contributed by atoms with Crippen molar-refractivity contribution in [3.63, 3.8) is 0 Å². The second-order valence-electron chi connectivity index (χ2n) is 6.03. The minimum absolute atomic E-state index is 0.0520. The Morgan fingerprint density at radius 1 is 1.27 bits per heavy atom. The molecular weight excluding hydrogens is 280 g/mol. The molecule has 1 unspecified atom stereocenters. The first kappa shape index (κ1) is 18.0. The molecule has 5 heteroatoms. The Morgan fingerprint density at radius 3 is 2.45 bits per heavy atom. The van der Waals surface area contributed by atoms with Crippen LogP contribution in [0, 0.1) is 12.8 Å². The summed E-state index contributed by atoms with van der Waals surface area (Å²) in [6.07, 6.45) is -0.0520. The van der Waals surface area contributed by atoms with E-state index in [9.17, 15) is 9.59 Å². The third-order valence-corrected chi connectivity index (χ3v) is 3.96. The maximum absolute atomic E-state index is 12.5. The summed E-state index contributed by atoms with van der Waals surface area (Å²) in [7, 11) is 1.63. The summed E-state index contributed by atoms with van der Waals surface area (Å²) in [6.45, 7) is 8.50. The molecule has 5 nitrogen and oxygen atoms in total. The number of carboxylic acids is 1. The fourth-order valence-electron chi connectivity index (χ4n) is 2.01. The van der Waals surface area contributed by atoms with E-state index in [0.29, 0.717) is 17.5 Å². The van der Waals surface area contributed by atoms with Crippen molar-refractivity contribution >= 4 is 17.6 Å². The van der Waals surface area contributed by atoms with Gasteiger partial charge in [-0.25, -0.2) is 0 Å². The Labute approximate surface area is 132 Å². The van der Waals surface area contributed by atoms with E-state index in [0.717, 1.165) is 11.3 Å². The molecule has 0 fully saturated rings. The second-order valence-corrected chi connectivity index (χ2v) is 6.03. The van der Waals surface area contributed by atoms with Crippen molar-refractivity contribution in [3.05, 3.63) is 29.3 Å². The largest absolute Gasteiger partial charge is 0.481 e. The van der Waals surface area contributed by atoms with Gasteiger partial charge in [-0.05, 0) is 37.5 Å². The zero-order valence-electron chi connectivity index (χ0n) is 14.0. The van der Waals surface area contributed by atoms with Gasteiger partial charge >= 0.3 is 5.97 Å². The van der Waals surface area contributed by atoms with E-state index in [-0.39, 0.29) is 18.9 Å². The number of carboxylic acid groups (broad SMARTS) is 1. The van der Waals surface area contributed by atoms with Crippen molar-refractivity contribution in [2.75, 3.05) is 18.9 Å². The Balaban J connectivity index is 2.91. The lowest BCUT2D eigenvalue weighted by atomic mass is 10.0. The summed E-state index contributed by atoms with van der Waals surface area (Å²) in [5.74, 6) is -0.575. The van der Waals surface area contributed by atoms with Crippen LogP contribution in [0.4, 0.5) is 5.69 Å². The molecule has 0 spiro atoms. The van der Waals surface area contributed by atoms with Crippen molar-refractivity contribution in [3.8, 4) is 0 Å². The van der Waals surface area contributed by atoms with Crippen molar-refractivity contribution in [1.82, 2.24) is 4.90 Å². The molecule has 1 aromatic rings. The van der Waals surface area contributed by atoms with Gasteiger partial charge in [-0.15, -0.1) is 0 Å². The Morgan fingerprint density at radius 2 is 1.91 bits per heavy atom. The summed E-state index contributed by atoms with van der Waals surface area (Å²) in [5, 5.41) is 12.1. The van der Waals surface area contributed by atoms with Crippen molar-refractivity contribution in [2.45, 2.75) is 40.2 Å². The SMILES string of the molecule is Cc1c(NC(C)C(C)C)cccc1C(=O)N(C)CCC(=O)O. The van der Waals surface area contributed by atoms with Gasteiger partial charge in [0, 0.05) is 30.9 Å². The van der Waals surface area contributed by atoms with Crippen LogP contribution in [0.1, 0.15) is 43.1 Å². The third kappa shape index (κ3) is 4.76. The average Bonchev–Trinajstić information content (AvgIpc) is 2.45. The number of hydrogen-bond donors (Lipinski definition) is 2. The molecule has 0 aromatic heterocycles. The van der Waals surface area contributed by atoms with Crippen LogP contribution in [0.15, 0.2) is 18.2 Å². The predicted octanol–water partition coefficient (Wildman–Crippen LogP) is 3.00.